The molecule has 0 aromatic heterocycles. The van der Waals surface area contributed by atoms with Gasteiger partial charge in [-0.3, -0.25) is 4.79 Å². The van der Waals surface area contributed by atoms with Crippen LogP contribution >= 0.6 is 0 Å². The van der Waals surface area contributed by atoms with E-state index >= 15 is 0 Å². The summed E-state index contributed by atoms with van der Waals surface area (Å²) in [6.45, 7) is 4.97. The predicted molar refractivity (Wildman–Crippen MR) is 105 cm³/mol. The van der Waals surface area contributed by atoms with Crippen molar-refractivity contribution in [3.8, 4) is 5.75 Å². The molecule has 1 amide bonds. The average molecular weight is 388 g/mol. The van der Waals surface area contributed by atoms with E-state index in [0.717, 1.165) is 24.0 Å². The van der Waals surface area contributed by atoms with Crippen LogP contribution in [0.4, 0.5) is 5.69 Å². The number of hydrogen-bond acceptors (Lipinski definition) is 4. The van der Waals surface area contributed by atoms with Gasteiger partial charge in [0.15, 0.2) is 0 Å². The molecule has 27 heavy (non-hydrogen) atoms. The van der Waals surface area contributed by atoms with Crippen molar-refractivity contribution in [2.75, 3.05) is 25.5 Å². The first-order chi connectivity index (χ1) is 12.8. The van der Waals surface area contributed by atoms with Crippen LogP contribution < -0.4 is 10.1 Å². The van der Waals surface area contributed by atoms with Gasteiger partial charge in [-0.25, -0.2) is 8.42 Å². The molecule has 1 saturated heterocycles. The second-order valence-corrected chi connectivity index (χ2v) is 8.66. The first-order valence-electron chi connectivity index (χ1n) is 8.90. The molecule has 0 aliphatic carbocycles. The number of carbonyl (C=O) groups is 1. The lowest BCUT2D eigenvalue weighted by atomic mass is 10.1. The number of sulfonamides is 1. The van der Waals surface area contributed by atoms with Gasteiger partial charge >= 0.3 is 0 Å². The zero-order chi connectivity index (χ0) is 19.6. The number of nitrogens with one attached hydrogen (secondary N) is 1. The lowest BCUT2D eigenvalue weighted by Gasteiger charge is -2.17. The maximum atomic E-state index is 12.8. The molecule has 7 heteroatoms. The van der Waals surface area contributed by atoms with Crippen LogP contribution in [0.3, 0.4) is 0 Å². The molecule has 1 aliphatic heterocycles. The number of ether oxygens (including phenoxy) is 1. The van der Waals surface area contributed by atoms with Crippen LogP contribution in [0.25, 0.3) is 0 Å². The van der Waals surface area contributed by atoms with E-state index in [4.69, 9.17) is 4.74 Å². The summed E-state index contributed by atoms with van der Waals surface area (Å²) in [5.74, 6) is 0.0969. The van der Waals surface area contributed by atoms with Crippen molar-refractivity contribution >= 4 is 21.6 Å². The van der Waals surface area contributed by atoms with Gasteiger partial charge in [0.2, 0.25) is 10.0 Å². The molecule has 1 N–H and O–H groups in total. The third kappa shape index (κ3) is 3.99. The Morgan fingerprint density at radius 1 is 1.04 bits per heavy atom. The minimum Gasteiger partial charge on any atom is -0.495 e. The van der Waals surface area contributed by atoms with Crippen LogP contribution in [0.1, 0.15) is 34.3 Å². The van der Waals surface area contributed by atoms with Crippen molar-refractivity contribution < 1.29 is 17.9 Å². The number of methoxy groups -OCH3 is 1. The molecular formula is C20H24N2O4S. The van der Waals surface area contributed by atoms with Crippen molar-refractivity contribution in [3.05, 3.63) is 53.1 Å². The van der Waals surface area contributed by atoms with Gasteiger partial charge in [-0.2, -0.15) is 4.31 Å². The Labute approximate surface area is 160 Å². The van der Waals surface area contributed by atoms with Gasteiger partial charge in [0.25, 0.3) is 5.91 Å². The molecule has 0 bridgehead atoms. The van der Waals surface area contributed by atoms with Crippen molar-refractivity contribution in [1.29, 1.82) is 0 Å². The van der Waals surface area contributed by atoms with E-state index in [2.05, 4.69) is 5.32 Å². The van der Waals surface area contributed by atoms with Gasteiger partial charge in [0.05, 0.1) is 17.7 Å². The Hall–Kier alpha value is -2.38. The highest BCUT2D eigenvalue weighted by Crippen LogP contribution is 2.30. The van der Waals surface area contributed by atoms with E-state index in [1.807, 2.05) is 26.0 Å². The minimum atomic E-state index is -3.57. The molecule has 1 aliphatic rings. The van der Waals surface area contributed by atoms with Crippen molar-refractivity contribution in [3.63, 3.8) is 0 Å². The fourth-order valence-electron chi connectivity index (χ4n) is 3.10. The summed E-state index contributed by atoms with van der Waals surface area (Å²) >= 11 is 0. The molecule has 3 rings (SSSR count). The van der Waals surface area contributed by atoms with Gasteiger partial charge < -0.3 is 10.1 Å². The van der Waals surface area contributed by atoms with Crippen molar-refractivity contribution in [2.24, 2.45) is 0 Å². The first-order valence-corrected chi connectivity index (χ1v) is 10.3. The molecule has 0 unspecified atom stereocenters. The number of aryl methyl sites for hydroxylation is 2. The second kappa shape index (κ2) is 7.70. The Bertz CT molecular complexity index is 964. The summed E-state index contributed by atoms with van der Waals surface area (Å²) in [5.41, 5.74) is 2.96. The third-order valence-corrected chi connectivity index (χ3v) is 6.79. The zero-order valence-corrected chi connectivity index (χ0v) is 16.6. The quantitative estimate of drug-likeness (QED) is 0.852. The number of carbonyl (C=O) groups excluding carboxylic acids is 1. The van der Waals surface area contributed by atoms with E-state index in [0.29, 0.717) is 30.1 Å². The summed E-state index contributed by atoms with van der Waals surface area (Å²) in [7, 11) is -2.09. The van der Waals surface area contributed by atoms with Gasteiger partial charge in [-0.15, -0.1) is 0 Å². The van der Waals surface area contributed by atoms with Crippen molar-refractivity contribution in [2.45, 2.75) is 31.6 Å². The van der Waals surface area contributed by atoms with Crippen molar-refractivity contribution in [1.82, 2.24) is 4.31 Å². The summed E-state index contributed by atoms with van der Waals surface area (Å²) in [4.78, 5) is 12.8. The lowest BCUT2D eigenvalue weighted by Crippen LogP contribution is -2.28. The number of benzene rings is 2. The molecule has 1 heterocycles. The number of amides is 1. The molecule has 6 nitrogen and oxygen atoms in total. The maximum Gasteiger partial charge on any atom is 0.255 e. The van der Waals surface area contributed by atoms with Crippen LogP contribution in [0, 0.1) is 13.8 Å². The second-order valence-electron chi connectivity index (χ2n) is 6.73. The van der Waals surface area contributed by atoms with Crippen LogP contribution in [-0.4, -0.2) is 38.8 Å². The minimum absolute atomic E-state index is 0.153. The maximum absolute atomic E-state index is 12.8. The molecule has 2 aromatic rings. The Morgan fingerprint density at radius 2 is 1.74 bits per heavy atom. The van der Waals surface area contributed by atoms with Gasteiger partial charge in [0, 0.05) is 18.7 Å². The summed E-state index contributed by atoms with van der Waals surface area (Å²) in [5, 5.41) is 2.78. The standard InChI is InChI=1S/C20H24N2O4S/c1-14-6-7-16(12-15(14)2)20(23)21-18-13-17(8-9-19(18)26-3)27(24,25)22-10-4-5-11-22/h6-9,12-13H,4-5,10-11H2,1-3H3,(H,21,23). The van der Waals surface area contributed by atoms with Gasteiger partial charge in [-0.05, 0) is 68.1 Å². The lowest BCUT2D eigenvalue weighted by molar-refractivity contribution is 0.102. The third-order valence-electron chi connectivity index (χ3n) is 4.89. The van der Waals surface area contributed by atoms with Gasteiger partial charge in [0.1, 0.15) is 5.75 Å². The zero-order valence-electron chi connectivity index (χ0n) is 15.8. The summed E-state index contributed by atoms with van der Waals surface area (Å²) in [6.07, 6.45) is 1.73. The predicted octanol–water partition coefficient (Wildman–Crippen LogP) is 3.35. The highest BCUT2D eigenvalue weighted by molar-refractivity contribution is 7.89. The molecule has 0 spiro atoms. The number of nitrogens with zero attached hydrogens (tertiary/aromatic N) is 1. The van der Waals surface area contributed by atoms with Crippen LogP contribution in [0.2, 0.25) is 0 Å². The van der Waals surface area contributed by atoms with Gasteiger partial charge in [-0.1, -0.05) is 6.07 Å². The Morgan fingerprint density at radius 3 is 2.37 bits per heavy atom. The summed E-state index contributed by atoms with van der Waals surface area (Å²) in [6, 6.07) is 9.98. The van der Waals surface area contributed by atoms with E-state index in [-0.39, 0.29) is 10.8 Å². The van der Waals surface area contributed by atoms with Crippen LogP contribution in [0.5, 0.6) is 5.75 Å². The molecular weight excluding hydrogens is 364 g/mol. The fourth-order valence-corrected chi connectivity index (χ4v) is 4.64. The number of hydrogen-bond donors (Lipinski definition) is 1. The SMILES string of the molecule is COc1ccc(S(=O)(=O)N2CCCC2)cc1NC(=O)c1ccc(C)c(C)c1. The highest BCUT2D eigenvalue weighted by atomic mass is 32.2. The Balaban J connectivity index is 1.92. The van der Waals surface area contributed by atoms with E-state index in [1.54, 1.807) is 12.1 Å². The highest BCUT2D eigenvalue weighted by Gasteiger charge is 2.28. The number of anilines is 1. The normalized spacial score (nSPS) is 14.9. The molecule has 0 saturated carbocycles. The first kappa shape index (κ1) is 19.4. The monoisotopic (exact) mass is 388 g/mol. The molecule has 0 atom stereocenters. The topological polar surface area (TPSA) is 75.7 Å². The molecule has 2 aromatic carbocycles. The van der Waals surface area contributed by atoms with E-state index in [9.17, 15) is 13.2 Å². The average Bonchev–Trinajstić information content (AvgIpc) is 3.19. The smallest absolute Gasteiger partial charge is 0.255 e. The molecule has 1 fully saturated rings. The van der Waals surface area contributed by atoms with E-state index < -0.39 is 10.0 Å². The van der Waals surface area contributed by atoms with E-state index in [1.165, 1.54) is 23.5 Å². The largest absolute Gasteiger partial charge is 0.495 e. The fraction of sp³-hybridized carbons (Fsp3) is 0.350. The summed E-state index contributed by atoms with van der Waals surface area (Å²) < 4.78 is 32.4. The van der Waals surface area contributed by atoms with Crippen LogP contribution in [0.15, 0.2) is 41.3 Å². The number of rotatable bonds is 5. The Kier molecular flexibility index (Phi) is 5.53. The molecule has 144 valence electrons. The van der Waals surface area contributed by atoms with Crippen LogP contribution in [-0.2, 0) is 10.0 Å². The molecule has 0 radical (unpaired) electrons.